The number of nitrogens with one attached hydrogen (secondary N) is 1. The van der Waals surface area contributed by atoms with Gasteiger partial charge in [0.25, 0.3) is 0 Å². The molecule has 1 aliphatic rings. The number of aliphatic hydroxyl groups is 1. The van der Waals surface area contributed by atoms with Gasteiger partial charge in [0.1, 0.15) is 5.75 Å². The standard InChI is InChI=1S/C24H22ClF2N3O4/c1-23(2)21-17(18-7-8-28-29-18)12-15(13-19(21)30(9-10-31)22(23)33)20(32)11-14-3-5-16(6-4-14)34-24(25,26)27/h3-8,12-13,31H,9-11H2,1-2H3,(H,28,29). The van der Waals surface area contributed by atoms with Crippen molar-refractivity contribution in [2.45, 2.75) is 31.3 Å². The quantitative estimate of drug-likeness (QED) is 0.363. The summed E-state index contributed by atoms with van der Waals surface area (Å²) in [5, 5.41) is 16.4. The van der Waals surface area contributed by atoms with E-state index in [2.05, 4.69) is 14.9 Å². The largest absolute Gasteiger partial charge is 0.487 e. The number of hydrogen-bond donors (Lipinski definition) is 2. The van der Waals surface area contributed by atoms with E-state index in [1.807, 2.05) is 0 Å². The number of Topliss-reactive ketones (excluding diaryl/α,β-unsaturated/α-hetero) is 1. The van der Waals surface area contributed by atoms with Gasteiger partial charge in [-0.15, -0.1) is 8.78 Å². The van der Waals surface area contributed by atoms with Crippen LogP contribution in [0.3, 0.4) is 0 Å². The van der Waals surface area contributed by atoms with Gasteiger partial charge in [-0.2, -0.15) is 5.10 Å². The van der Waals surface area contributed by atoms with E-state index in [1.54, 1.807) is 38.2 Å². The van der Waals surface area contributed by atoms with Gasteiger partial charge in [-0.25, -0.2) is 0 Å². The predicted molar refractivity (Wildman–Crippen MR) is 122 cm³/mol. The molecule has 2 N–H and O–H groups in total. The molecule has 0 aliphatic carbocycles. The molecule has 4 rings (SSSR count). The van der Waals surface area contributed by atoms with Gasteiger partial charge in [0.2, 0.25) is 5.91 Å². The van der Waals surface area contributed by atoms with E-state index >= 15 is 0 Å². The molecule has 10 heteroatoms. The number of nitrogens with zero attached hydrogens (tertiary/aromatic N) is 2. The number of benzene rings is 2. The van der Waals surface area contributed by atoms with Crippen molar-refractivity contribution < 1.29 is 28.2 Å². The summed E-state index contributed by atoms with van der Waals surface area (Å²) >= 11 is 4.78. The smallest absolute Gasteiger partial charge is 0.420 e. The second kappa shape index (κ2) is 8.81. The summed E-state index contributed by atoms with van der Waals surface area (Å²) in [7, 11) is 0. The molecule has 0 unspecified atom stereocenters. The van der Waals surface area contributed by atoms with Crippen molar-refractivity contribution in [1.29, 1.82) is 0 Å². The molecule has 1 aromatic heterocycles. The van der Waals surface area contributed by atoms with E-state index in [0.717, 1.165) is 5.56 Å². The Morgan fingerprint density at radius 2 is 1.94 bits per heavy atom. The van der Waals surface area contributed by atoms with E-state index in [-0.39, 0.29) is 37.0 Å². The zero-order valence-electron chi connectivity index (χ0n) is 18.4. The van der Waals surface area contributed by atoms with Crippen molar-refractivity contribution in [2.75, 3.05) is 18.1 Å². The van der Waals surface area contributed by atoms with Gasteiger partial charge in [0, 0.05) is 53.1 Å². The van der Waals surface area contributed by atoms with Crippen LogP contribution in [0.2, 0.25) is 0 Å². The Labute approximate surface area is 199 Å². The van der Waals surface area contributed by atoms with Crippen LogP contribution in [0.4, 0.5) is 14.5 Å². The number of H-pyrrole nitrogens is 1. The highest BCUT2D eigenvalue weighted by atomic mass is 35.5. The summed E-state index contributed by atoms with van der Waals surface area (Å²) in [6.45, 7) is 3.48. The van der Waals surface area contributed by atoms with E-state index < -0.39 is 11.0 Å². The Balaban J connectivity index is 1.71. The minimum atomic E-state index is -3.82. The van der Waals surface area contributed by atoms with Crippen LogP contribution < -0.4 is 9.64 Å². The molecule has 0 fully saturated rings. The molecule has 178 valence electrons. The third-order valence-electron chi connectivity index (χ3n) is 5.77. The van der Waals surface area contributed by atoms with E-state index in [4.69, 9.17) is 11.6 Å². The molecular formula is C24H22ClF2N3O4. The van der Waals surface area contributed by atoms with Gasteiger partial charge in [-0.1, -0.05) is 12.1 Å². The lowest BCUT2D eigenvalue weighted by atomic mass is 9.81. The lowest BCUT2D eigenvalue weighted by molar-refractivity contribution is -0.122. The third kappa shape index (κ3) is 4.53. The number of alkyl halides is 3. The SMILES string of the molecule is CC1(C)C(=O)N(CCO)c2cc(C(=O)Cc3ccc(OC(F)(F)Cl)cc3)cc(-c3ccn[nH]3)c21. The Morgan fingerprint density at radius 3 is 2.53 bits per heavy atom. The number of aromatic nitrogens is 2. The molecule has 0 saturated carbocycles. The Kier molecular flexibility index (Phi) is 6.18. The van der Waals surface area contributed by atoms with Gasteiger partial charge < -0.3 is 14.7 Å². The fourth-order valence-corrected chi connectivity index (χ4v) is 4.34. The van der Waals surface area contributed by atoms with Gasteiger partial charge in [0.15, 0.2) is 5.78 Å². The zero-order valence-corrected chi connectivity index (χ0v) is 19.2. The van der Waals surface area contributed by atoms with Crippen LogP contribution in [0.25, 0.3) is 11.3 Å². The molecular weight excluding hydrogens is 468 g/mol. The molecule has 1 aliphatic heterocycles. The van der Waals surface area contributed by atoms with Gasteiger partial charge in [-0.05, 0) is 49.7 Å². The van der Waals surface area contributed by atoms with Crippen molar-refractivity contribution in [1.82, 2.24) is 10.2 Å². The molecule has 1 amide bonds. The maximum atomic E-state index is 13.2. The minimum absolute atomic E-state index is 0.00388. The maximum absolute atomic E-state index is 13.2. The summed E-state index contributed by atoms with van der Waals surface area (Å²) in [6.07, 6.45) is 1.58. The van der Waals surface area contributed by atoms with Crippen LogP contribution in [0.15, 0.2) is 48.7 Å². The van der Waals surface area contributed by atoms with E-state index in [1.165, 1.54) is 29.2 Å². The summed E-state index contributed by atoms with van der Waals surface area (Å²) < 4.78 is 29.9. The Hall–Kier alpha value is -3.30. The molecule has 34 heavy (non-hydrogen) atoms. The number of aliphatic hydroxyl groups excluding tert-OH is 1. The second-order valence-corrected chi connectivity index (χ2v) is 8.93. The first-order valence-corrected chi connectivity index (χ1v) is 10.9. The molecule has 3 aromatic rings. The first kappa shape index (κ1) is 23.8. The number of anilines is 1. The topological polar surface area (TPSA) is 95.5 Å². The number of β-amino-alcohol motifs (C(OH)–C–C–N with tert-alkyl or cyclic N) is 1. The number of fused-ring (bicyclic) bond motifs is 1. The lowest BCUT2D eigenvalue weighted by Crippen LogP contribution is -2.37. The number of halogens is 3. The number of ketones is 1. The number of aromatic amines is 1. The third-order valence-corrected chi connectivity index (χ3v) is 5.85. The van der Waals surface area contributed by atoms with Crippen LogP contribution in [0, 0.1) is 0 Å². The maximum Gasteiger partial charge on any atom is 0.487 e. The molecule has 0 saturated heterocycles. The molecule has 0 atom stereocenters. The number of hydrogen-bond acceptors (Lipinski definition) is 5. The number of ether oxygens (including phenoxy) is 1. The zero-order chi connectivity index (χ0) is 24.7. The predicted octanol–water partition coefficient (Wildman–Crippen LogP) is 4.29. The fourth-order valence-electron chi connectivity index (χ4n) is 4.25. The molecule has 2 heterocycles. The highest BCUT2D eigenvalue weighted by molar-refractivity contribution is 6.20. The molecule has 2 aromatic carbocycles. The van der Waals surface area contributed by atoms with Crippen molar-refractivity contribution in [2.24, 2.45) is 0 Å². The van der Waals surface area contributed by atoms with Gasteiger partial charge >= 0.3 is 5.57 Å². The van der Waals surface area contributed by atoms with Crippen molar-refractivity contribution in [3.05, 3.63) is 65.4 Å². The number of carbonyl (C=O) groups is 2. The van der Waals surface area contributed by atoms with Crippen molar-refractivity contribution in [3.8, 4) is 17.0 Å². The summed E-state index contributed by atoms with van der Waals surface area (Å²) in [5.74, 6) is -0.537. The average Bonchev–Trinajstić information content (AvgIpc) is 3.36. The normalized spacial score (nSPS) is 14.9. The van der Waals surface area contributed by atoms with Crippen molar-refractivity contribution >= 4 is 29.0 Å². The minimum Gasteiger partial charge on any atom is -0.420 e. The first-order valence-electron chi connectivity index (χ1n) is 10.5. The first-order chi connectivity index (χ1) is 16.0. The highest BCUT2D eigenvalue weighted by Gasteiger charge is 2.46. The van der Waals surface area contributed by atoms with E-state index in [9.17, 15) is 23.5 Å². The van der Waals surface area contributed by atoms with Gasteiger partial charge in [0.05, 0.1) is 17.7 Å². The highest BCUT2D eigenvalue weighted by Crippen LogP contribution is 2.47. The average molecular weight is 490 g/mol. The second-order valence-electron chi connectivity index (χ2n) is 8.49. The molecule has 0 radical (unpaired) electrons. The fraction of sp³-hybridized carbons (Fsp3) is 0.292. The Morgan fingerprint density at radius 1 is 1.24 bits per heavy atom. The molecule has 7 nitrogen and oxygen atoms in total. The Bertz CT molecular complexity index is 1220. The van der Waals surface area contributed by atoms with Gasteiger partial charge in [-0.3, -0.25) is 14.7 Å². The number of carbonyl (C=O) groups excluding carboxylic acids is 2. The number of amides is 1. The summed E-state index contributed by atoms with van der Waals surface area (Å²) in [5.41, 5.74) is -1.11. The monoisotopic (exact) mass is 489 g/mol. The van der Waals surface area contributed by atoms with Crippen LogP contribution in [-0.4, -0.2) is 45.7 Å². The summed E-state index contributed by atoms with van der Waals surface area (Å²) in [4.78, 5) is 27.8. The van der Waals surface area contributed by atoms with Crippen LogP contribution in [0.1, 0.15) is 35.3 Å². The van der Waals surface area contributed by atoms with Crippen LogP contribution in [0.5, 0.6) is 5.75 Å². The van der Waals surface area contributed by atoms with Crippen molar-refractivity contribution in [3.63, 3.8) is 0 Å². The molecule has 0 spiro atoms. The van der Waals surface area contributed by atoms with E-state index in [0.29, 0.717) is 28.1 Å². The van der Waals surface area contributed by atoms with Crippen LogP contribution >= 0.6 is 11.6 Å². The molecule has 0 bridgehead atoms. The number of rotatable bonds is 8. The lowest BCUT2D eigenvalue weighted by Gasteiger charge is -2.20. The van der Waals surface area contributed by atoms with Crippen LogP contribution in [-0.2, 0) is 16.6 Å². The summed E-state index contributed by atoms with van der Waals surface area (Å²) in [6, 6.07) is 10.8.